The molecule has 1 amide bonds. The minimum absolute atomic E-state index is 0.132. The molecule has 112 valence electrons. The molecule has 0 heterocycles. The summed E-state index contributed by atoms with van der Waals surface area (Å²) in [6.45, 7) is 1.98. The molecular formula is C16H19ClN2O2. The summed E-state index contributed by atoms with van der Waals surface area (Å²) >= 11 is 5.75. The van der Waals surface area contributed by atoms with E-state index in [1.54, 1.807) is 6.07 Å². The van der Waals surface area contributed by atoms with Crippen LogP contribution in [0.4, 0.5) is 0 Å². The third kappa shape index (κ3) is 2.91. The normalized spacial score (nSPS) is 27.9. The number of aromatic hydroxyl groups is 1. The van der Waals surface area contributed by atoms with Gasteiger partial charge in [0.2, 0.25) is 0 Å². The van der Waals surface area contributed by atoms with Crippen molar-refractivity contribution in [2.24, 2.45) is 22.9 Å². The Labute approximate surface area is 129 Å². The first-order valence-corrected chi connectivity index (χ1v) is 7.75. The lowest BCUT2D eigenvalue weighted by Crippen LogP contribution is -2.24. The van der Waals surface area contributed by atoms with E-state index in [2.05, 4.69) is 10.5 Å². The third-order valence-electron chi connectivity index (χ3n) is 4.81. The number of nitrogens with one attached hydrogen (secondary N) is 1. The number of halogens is 1. The van der Waals surface area contributed by atoms with Crippen molar-refractivity contribution in [2.45, 2.75) is 32.6 Å². The minimum Gasteiger partial charge on any atom is -0.507 e. The van der Waals surface area contributed by atoms with Crippen molar-refractivity contribution in [1.82, 2.24) is 5.43 Å². The molecule has 21 heavy (non-hydrogen) atoms. The molecule has 2 aliphatic rings. The summed E-state index contributed by atoms with van der Waals surface area (Å²) in [6, 6.07) is 4.42. The van der Waals surface area contributed by atoms with E-state index in [0.717, 1.165) is 17.5 Å². The first-order valence-electron chi connectivity index (χ1n) is 7.37. The second kappa shape index (κ2) is 5.68. The maximum atomic E-state index is 12.0. The van der Waals surface area contributed by atoms with Gasteiger partial charge in [-0.1, -0.05) is 18.0 Å². The van der Waals surface area contributed by atoms with Gasteiger partial charge in [-0.2, -0.15) is 5.10 Å². The van der Waals surface area contributed by atoms with Crippen molar-refractivity contribution in [3.05, 3.63) is 28.8 Å². The monoisotopic (exact) mass is 306 g/mol. The molecule has 0 aliphatic heterocycles. The molecule has 0 aromatic heterocycles. The smallest absolute Gasteiger partial charge is 0.275 e. The number of hydrazone groups is 1. The SMILES string of the molecule is C/C(=N\NC(=O)c1ccc(Cl)cc1O)[C@@H]1C[C@@H]2CC[C@@H]1C2. The van der Waals surface area contributed by atoms with Crippen LogP contribution in [0, 0.1) is 17.8 Å². The van der Waals surface area contributed by atoms with Gasteiger partial charge in [0.1, 0.15) is 5.75 Å². The van der Waals surface area contributed by atoms with E-state index in [1.165, 1.54) is 37.8 Å². The molecule has 2 N–H and O–H groups in total. The van der Waals surface area contributed by atoms with E-state index in [-0.39, 0.29) is 11.3 Å². The highest BCUT2D eigenvalue weighted by Crippen LogP contribution is 2.48. The van der Waals surface area contributed by atoms with E-state index in [4.69, 9.17) is 11.6 Å². The van der Waals surface area contributed by atoms with Gasteiger partial charge in [0.05, 0.1) is 5.56 Å². The quantitative estimate of drug-likeness (QED) is 0.662. The predicted molar refractivity (Wildman–Crippen MR) is 82.6 cm³/mol. The fourth-order valence-corrected chi connectivity index (χ4v) is 3.90. The second-order valence-electron chi connectivity index (χ2n) is 6.14. The van der Waals surface area contributed by atoms with Crippen LogP contribution in [0.5, 0.6) is 5.75 Å². The number of carbonyl (C=O) groups is 1. The Bertz CT molecular complexity index is 600. The van der Waals surface area contributed by atoms with Crippen LogP contribution in [0.25, 0.3) is 0 Å². The number of nitrogens with zero attached hydrogens (tertiary/aromatic N) is 1. The molecule has 0 saturated heterocycles. The van der Waals surface area contributed by atoms with Gasteiger partial charge in [-0.05, 0) is 56.2 Å². The number of amides is 1. The lowest BCUT2D eigenvalue weighted by Gasteiger charge is -2.21. The molecule has 1 aromatic carbocycles. The molecule has 2 bridgehead atoms. The van der Waals surface area contributed by atoms with Gasteiger partial charge in [-0.3, -0.25) is 4.79 Å². The Hall–Kier alpha value is -1.55. The minimum atomic E-state index is -0.410. The van der Waals surface area contributed by atoms with Crippen LogP contribution in [0.3, 0.4) is 0 Å². The number of fused-ring (bicyclic) bond motifs is 2. The Morgan fingerprint density at radius 3 is 2.81 bits per heavy atom. The van der Waals surface area contributed by atoms with Crippen LogP contribution in [-0.4, -0.2) is 16.7 Å². The average molecular weight is 307 g/mol. The maximum absolute atomic E-state index is 12.0. The fraction of sp³-hybridized carbons (Fsp3) is 0.500. The van der Waals surface area contributed by atoms with Crippen molar-refractivity contribution in [3.63, 3.8) is 0 Å². The van der Waals surface area contributed by atoms with Crippen LogP contribution < -0.4 is 5.43 Å². The molecule has 0 radical (unpaired) electrons. The van der Waals surface area contributed by atoms with Crippen molar-refractivity contribution in [3.8, 4) is 5.75 Å². The van der Waals surface area contributed by atoms with E-state index < -0.39 is 5.91 Å². The molecule has 2 fully saturated rings. The molecule has 5 heteroatoms. The summed E-state index contributed by atoms with van der Waals surface area (Å²) in [4.78, 5) is 12.0. The zero-order valence-electron chi connectivity index (χ0n) is 12.0. The lowest BCUT2D eigenvalue weighted by atomic mass is 9.86. The summed E-state index contributed by atoms with van der Waals surface area (Å²) in [7, 11) is 0. The van der Waals surface area contributed by atoms with Crippen molar-refractivity contribution in [2.75, 3.05) is 0 Å². The zero-order valence-corrected chi connectivity index (χ0v) is 12.7. The van der Waals surface area contributed by atoms with Crippen LogP contribution >= 0.6 is 11.6 Å². The number of carbonyl (C=O) groups excluding carboxylic acids is 1. The van der Waals surface area contributed by atoms with E-state index in [1.807, 2.05) is 6.92 Å². The molecule has 3 rings (SSSR count). The van der Waals surface area contributed by atoms with E-state index in [9.17, 15) is 9.90 Å². The molecule has 0 unspecified atom stereocenters. The maximum Gasteiger partial charge on any atom is 0.275 e. The Kier molecular flexibility index (Phi) is 3.89. The number of benzene rings is 1. The van der Waals surface area contributed by atoms with Crippen molar-refractivity contribution >= 4 is 23.2 Å². The largest absolute Gasteiger partial charge is 0.507 e. The van der Waals surface area contributed by atoms with Crippen molar-refractivity contribution in [1.29, 1.82) is 0 Å². The number of hydrogen-bond acceptors (Lipinski definition) is 3. The summed E-state index contributed by atoms with van der Waals surface area (Å²) in [5, 5.41) is 14.4. The zero-order chi connectivity index (χ0) is 15.0. The molecule has 1 aromatic rings. The highest BCUT2D eigenvalue weighted by molar-refractivity contribution is 6.30. The van der Waals surface area contributed by atoms with E-state index >= 15 is 0 Å². The predicted octanol–water partition coefficient (Wildman–Crippen LogP) is 3.59. The van der Waals surface area contributed by atoms with Crippen LogP contribution in [0.1, 0.15) is 43.0 Å². The van der Waals surface area contributed by atoms with Gasteiger partial charge < -0.3 is 5.11 Å². The molecule has 3 atom stereocenters. The topological polar surface area (TPSA) is 61.7 Å². The van der Waals surface area contributed by atoms with Gasteiger partial charge >= 0.3 is 0 Å². The molecular weight excluding hydrogens is 288 g/mol. The Balaban J connectivity index is 1.66. The summed E-state index contributed by atoms with van der Waals surface area (Å²) in [6.07, 6.45) is 5.14. The highest BCUT2D eigenvalue weighted by Gasteiger charge is 2.40. The van der Waals surface area contributed by atoms with Crippen molar-refractivity contribution < 1.29 is 9.90 Å². The number of hydrogen-bond donors (Lipinski definition) is 2. The highest BCUT2D eigenvalue weighted by atomic mass is 35.5. The van der Waals surface area contributed by atoms with Crippen LogP contribution in [0.15, 0.2) is 23.3 Å². The summed E-state index contributed by atoms with van der Waals surface area (Å²) in [5.41, 5.74) is 3.72. The Morgan fingerprint density at radius 1 is 1.38 bits per heavy atom. The molecule has 4 nitrogen and oxygen atoms in total. The number of phenols is 1. The van der Waals surface area contributed by atoms with Crippen LogP contribution in [-0.2, 0) is 0 Å². The Morgan fingerprint density at radius 2 is 2.19 bits per heavy atom. The van der Waals surface area contributed by atoms with Crippen LogP contribution in [0.2, 0.25) is 5.02 Å². The molecule has 2 aliphatic carbocycles. The summed E-state index contributed by atoms with van der Waals surface area (Å²) < 4.78 is 0. The first kappa shape index (κ1) is 14.4. The third-order valence-corrected chi connectivity index (χ3v) is 5.05. The first-order chi connectivity index (χ1) is 10.0. The fourth-order valence-electron chi connectivity index (χ4n) is 3.74. The summed E-state index contributed by atoms with van der Waals surface area (Å²) in [5.74, 6) is 1.54. The lowest BCUT2D eigenvalue weighted by molar-refractivity contribution is 0.0952. The van der Waals surface area contributed by atoms with Gasteiger partial charge in [0, 0.05) is 16.7 Å². The van der Waals surface area contributed by atoms with Gasteiger partial charge in [-0.25, -0.2) is 5.43 Å². The van der Waals surface area contributed by atoms with E-state index in [0.29, 0.717) is 10.9 Å². The van der Waals surface area contributed by atoms with Gasteiger partial charge in [0.15, 0.2) is 0 Å². The standard InChI is InChI=1S/C16H19ClN2O2/c1-9(14-7-10-2-3-11(14)6-10)18-19-16(21)13-5-4-12(17)8-15(13)20/h4-5,8,10-11,14,20H,2-3,6-7H2,1H3,(H,19,21)/b18-9+/t10-,11-,14+/m1/s1. The number of rotatable bonds is 3. The average Bonchev–Trinajstić information content (AvgIpc) is 3.07. The van der Waals surface area contributed by atoms with Gasteiger partial charge in [0.25, 0.3) is 5.91 Å². The molecule has 2 saturated carbocycles. The number of phenolic OH excluding ortho intramolecular Hbond substituents is 1. The molecule has 0 spiro atoms. The second-order valence-corrected chi connectivity index (χ2v) is 6.57. The van der Waals surface area contributed by atoms with Gasteiger partial charge in [-0.15, -0.1) is 0 Å².